The first kappa shape index (κ1) is 43.3. The molecule has 16 nitrogen and oxygen atoms in total. The molecule has 0 radical (unpaired) electrons. The van der Waals surface area contributed by atoms with Gasteiger partial charge in [0.2, 0.25) is 23.6 Å². The minimum absolute atomic E-state index is 0.0241. The summed E-state index contributed by atoms with van der Waals surface area (Å²) in [7, 11) is 1.38. The van der Waals surface area contributed by atoms with Crippen LogP contribution in [0.4, 0.5) is 19.3 Å². The average molecular weight is 809 g/mol. The lowest BCUT2D eigenvalue weighted by Gasteiger charge is -2.35. The molecule has 0 aromatic heterocycles. The number of cyclic esters (lactones) is 1. The van der Waals surface area contributed by atoms with Crippen LogP contribution in [0.25, 0.3) is 0 Å². The Morgan fingerprint density at radius 2 is 1.66 bits per heavy atom. The maximum absolute atomic E-state index is 14.5. The number of carbonyl (C=O) groups is 7. The highest BCUT2D eigenvalue weighted by Gasteiger charge is 2.45. The number of esters is 1. The van der Waals surface area contributed by atoms with Gasteiger partial charge in [-0.3, -0.25) is 24.0 Å². The molecule has 3 heterocycles. The molecular formula is C40H50F2N8O8. The molecule has 18 heteroatoms. The van der Waals surface area contributed by atoms with Gasteiger partial charge in [0.25, 0.3) is 5.91 Å². The van der Waals surface area contributed by atoms with Crippen LogP contribution in [-0.2, 0) is 39.9 Å². The third-order valence-corrected chi connectivity index (χ3v) is 10.7. The molecule has 0 aliphatic carbocycles. The van der Waals surface area contributed by atoms with Gasteiger partial charge in [0.05, 0.1) is 0 Å². The fourth-order valence-corrected chi connectivity index (χ4v) is 7.53. The first-order chi connectivity index (χ1) is 27.5. The van der Waals surface area contributed by atoms with Crippen molar-refractivity contribution in [3.63, 3.8) is 0 Å². The van der Waals surface area contributed by atoms with Crippen LogP contribution >= 0.6 is 0 Å². The SMILES string of the molecule is Cc1ccc(NC(=O)N[C@@H](Cc2cc(F)cc(F)c2)C(=O)N=CC2C(=O)N3CCC[C@H]3C(=O)N(C)[C@@H](CN)C(=O)N[C@@H](C)C(=O)N3C[C@H](C)C[C@H]3C(=O)O[C@H]2C)cc1. The van der Waals surface area contributed by atoms with Crippen molar-refractivity contribution in [2.24, 2.45) is 22.6 Å². The van der Waals surface area contributed by atoms with Crippen LogP contribution in [0.15, 0.2) is 47.5 Å². The lowest BCUT2D eigenvalue weighted by atomic mass is 10.0. The summed E-state index contributed by atoms with van der Waals surface area (Å²) < 4.78 is 34.2. The van der Waals surface area contributed by atoms with Crippen LogP contribution in [0.3, 0.4) is 0 Å². The minimum atomic E-state index is -1.50. The van der Waals surface area contributed by atoms with Crippen molar-refractivity contribution in [3.8, 4) is 0 Å². The lowest BCUT2D eigenvalue weighted by Crippen LogP contribution is -2.60. The zero-order chi connectivity index (χ0) is 42.4. The topological polar surface area (TPSA) is 213 Å². The number of amides is 7. The van der Waals surface area contributed by atoms with Gasteiger partial charge in [0.15, 0.2) is 0 Å². The van der Waals surface area contributed by atoms with Crippen LogP contribution in [0, 0.1) is 30.4 Å². The number of likely N-dealkylation sites (N-methyl/N-ethyl adjacent to an activating group) is 1. The summed E-state index contributed by atoms with van der Waals surface area (Å²) in [5.41, 5.74) is 7.31. The number of hydrogen-bond donors (Lipinski definition) is 4. The van der Waals surface area contributed by atoms with E-state index in [0.717, 1.165) is 28.8 Å². The van der Waals surface area contributed by atoms with E-state index in [9.17, 15) is 42.3 Å². The lowest BCUT2D eigenvalue weighted by molar-refractivity contribution is -0.162. The normalized spacial score (nSPS) is 26.6. The van der Waals surface area contributed by atoms with Gasteiger partial charge in [0.1, 0.15) is 53.9 Å². The molecule has 3 fully saturated rings. The number of aryl methyl sites for hydroxylation is 1. The zero-order valence-corrected chi connectivity index (χ0v) is 33.1. The van der Waals surface area contributed by atoms with E-state index in [0.29, 0.717) is 18.2 Å². The number of rotatable bonds is 7. The Kier molecular flexibility index (Phi) is 13.9. The van der Waals surface area contributed by atoms with Crippen LogP contribution in [0.5, 0.6) is 0 Å². The first-order valence-electron chi connectivity index (χ1n) is 19.2. The molecule has 2 aromatic carbocycles. The highest BCUT2D eigenvalue weighted by Crippen LogP contribution is 2.28. The van der Waals surface area contributed by atoms with E-state index >= 15 is 0 Å². The third kappa shape index (κ3) is 10.2. The third-order valence-electron chi connectivity index (χ3n) is 10.7. The van der Waals surface area contributed by atoms with Crippen LogP contribution < -0.4 is 21.7 Å². The average Bonchev–Trinajstić information content (AvgIpc) is 3.81. The first-order valence-corrected chi connectivity index (χ1v) is 19.2. The fourth-order valence-electron chi connectivity index (χ4n) is 7.53. The number of halogens is 2. The smallest absolute Gasteiger partial charge is 0.329 e. The highest BCUT2D eigenvalue weighted by atomic mass is 19.1. The van der Waals surface area contributed by atoms with Gasteiger partial charge in [-0.25, -0.2) is 23.4 Å². The maximum atomic E-state index is 14.5. The Bertz CT molecular complexity index is 1930. The van der Waals surface area contributed by atoms with Crippen molar-refractivity contribution in [2.45, 2.75) is 89.7 Å². The number of carbonyl (C=O) groups excluding carboxylic acids is 7. The Balaban J connectivity index is 1.49. The molecule has 0 bridgehead atoms. The molecule has 3 aliphatic rings. The number of anilines is 1. The summed E-state index contributed by atoms with van der Waals surface area (Å²) >= 11 is 0. The van der Waals surface area contributed by atoms with E-state index in [-0.39, 0.29) is 44.0 Å². The van der Waals surface area contributed by atoms with Crippen molar-refractivity contribution >= 4 is 53.4 Å². The number of nitrogens with one attached hydrogen (secondary N) is 3. The molecular weight excluding hydrogens is 758 g/mol. The summed E-state index contributed by atoms with van der Waals surface area (Å²) in [6.45, 7) is 6.58. The second kappa shape index (κ2) is 18.7. The number of hydrogen-bond acceptors (Lipinski definition) is 9. The molecule has 0 saturated carbocycles. The van der Waals surface area contributed by atoms with Gasteiger partial charge in [-0.2, -0.15) is 0 Å². The van der Waals surface area contributed by atoms with E-state index in [4.69, 9.17) is 10.5 Å². The number of aliphatic imine (C=N–C) groups is 1. The predicted molar refractivity (Wildman–Crippen MR) is 207 cm³/mol. The number of nitrogens with two attached hydrogens (primary N) is 1. The number of nitrogens with zero attached hydrogens (tertiary/aromatic N) is 4. The van der Waals surface area contributed by atoms with Gasteiger partial charge < -0.3 is 41.1 Å². The van der Waals surface area contributed by atoms with Crippen molar-refractivity contribution in [1.82, 2.24) is 25.3 Å². The van der Waals surface area contributed by atoms with Crippen LogP contribution in [0.1, 0.15) is 51.2 Å². The van der Waals surface area contributed by atoms with E-state index in [1.54, 1.807) is 24.3 Å². The Morgan fingerprint density at radius 1 is 0.983 bits per heavy atom. The summed E-state index contributed by atoms with van der Waals surface area (Å²) in [6.07, 6.45) is 0.127. The monoisotopic (exact) mass is 808 g/mol. The summed E-state index contributed by atoms with van der Waals surface area (Å²) in [5, 5.41) is 7.71. The standard InChI is InChI=1S/C40H50F2N8O8/c1-21-8-10-28(11-9-21)46-40(57)47-30(16-25-14-26(41)17-27(42)15-25)34(51)44-19-29-24(4)58-39(56)32-13-22(2)20-50(32)36(53)23(3)45-35(52)33(18-43)48(5)38(55)31-7-6-12-49(31)37(29)54/h8-11,14-15,17,19,22-24,29-33H,6-7,12-13,16,18,20,43H2,1-5H3,(H,45,52)(H2,46,47,57)/t22-,23+,24+,29?,30+,31+,32+,33+/m1/s1. The van der Waals surface area contributed by atoms with Gasteiger partial charge in [-0.15, -0.1) is 0 Å². The predicted octanol–water partition coefficient (Wildman–Crippen LogP) is 1.68. The largest absolute Gasteiger partial charge is 0.460 e. The minimum Gasteiger partial charge on any atom is -0.460 e. The van der Waals surface area contributed by atoms with E-state index in [2.05, 4.69) is 20.9 Å². The second-order valence-electron chi connectivity index (χ2n) is 15.3. The van der Waals surface area contributed by atoms with Crippen molar-refractivity contribution in [3.05, 3.63) is 65.2 Å². The van der Waals surface area contributed by atoms with Crippen LogP contribution in [-0.4, -0.2) is 125 Å². The van der Waals surface area contributed by atoms with E-state index in [1.165, 1.54) is 30.7 Å². The van der Waals surface area contributed by atoms with Gasteiger partial charge in [-0.05, 0) is 75.8 Å². The van der Waals surface area contributed by atoms with Gasteiger partial charge in [0, 0.05) is 51.1 Å². The second-order valence-corrected chi connectivity index (χ2v) is 15.3. The highest BCUT2D eigenvalue weighted by molar-refractivity contribution is 6.03. The number of urea groups is 1. The quantitative estimate of drug-likeness (QED) is 0.236. The molecule has 312 valence electrons. The molecule has 3 aliphatic heterocycles. The van der Waals surface area contributed by atoms with E-state index < -0.39 is 102 Å². The Morgan fingerprint density at radius 3 is 2.31 bits per heavy atom. The summed E-state index contributed by atoms with van der Waals surface area (Å²) in [4.78, 5) is 104. The number of benzene rings is 2. The van der Waals surface area contributed by atoms with Crippen molar-refractivity contribution in [1.29, 1.82) is 0 Å². The van der Waals surface area contributed by atoms with E-state index in [1.807, 2.05) is 13.8 Å². The van der Waals surface area contributed by atoms with Crippen molar-refractivity contribution in [2.75, 3.05) is 32.0 Å². The number of ether oxygens (including phenoxy) is 1. The maximum Gasteiger partial charge on any atom is 0.329 e. The molecule has 0 spiro atoms. The number of fused-ring (bicyclic) bond motifs is 2. The fraction of sp³-hybridized carbons (Fsp3) is 0.500. The molecule has 5 N–H and O–H groups in total. The van der Waals surface area contributed by atoms with Gasteiger partial charge >= 0.3 is 12.0 Å². The van der Waals surface area contributed by atoms with Crippen molar-refractivity contribution < 1.29 is 47.1 Å². The van der Waals surface area contributed by atoms with Crippen LogP contribution in [0.2, 0.25) is 0 Å². The Labute approximate surface area is 334 Å². The molecule has 58 heavy (non-hydrogen) atoms. The molecule has 5 rings (SSSR count). The summed E-state index contributed by atoms with van der Waals surface area (Å²) in [6, 6.07) is 2.70. The molecule has 1 unspecified atom stereocenters. The molecule has 3 saturated heterocycles. The summed E-state index contributed by atoms with van der Waals surface area (Å²) in [5.74, 6) is -7.83. The molecule has 7 amide bonds. The molecule has 2 aromatic rings. The zero-order valence-electron chi connectivity index (χ0n) is 33.1. The Hall–Kier alpha value is -5.78. The molecule has 8 atom stereocenters. The van der Waals surface area contributed by atoms with Gasteiger partial charge in [-0.1, -0.05) is 24.6 Å².